The van der Waals surface area contributed by atoms with Crippen LogP contribution in [0.1, 0.15) is 18.5 Å². The molecule has 1 heterocycles. The molecule has 1 aromatic heterocycles. The second-order valence-corrected chi connectivity index (χ2v) is 5.01. The Morgan fingerprint density at radius 2 is 2.10 bits per heavy atom. The molecule has 0 spiro atoms. The Hall–Kier alpha value is -2.06. The maximum Gasteiger partial charge on any atom is 0.435 e. The zero-order valence-electron chi connectivity index (χ0n) is 11.0. The van der Waals surface area contributed by atoms with E-state index in [1.54, 1.807) is 0 Å². The maximum atomic E-state index is 12.4. The van der Waals surface area contributed by atoms with Gasteiger partial charge in [-0.1, -0.05) is 0 Å². The van der Waals surface area contributed by atoms with Crippen molar-refractivity contribution in [1.29, 1.82) is 0 Å². The molecule has 0 unspecified atom stereocenters. The molecular weight excluding hydrogens is 291 g/mol. The number of amides is 1. The minimum Gasteiger partial charge on any atom is -0.480 e. The Balaban J connectivity index is 2.00. The van der Waals surface area contributed by atoms with Crippen molar-refractivity contribution in [2.24, 2.45) is 5.92 Å². The highest BCUT2D eigenvalue weighted by atomic mass is 19.4. The molecule has 6 nitrogen and oxygen atoms in total. The second-order valence-electron chi connectivity index (χ2n) is 5.01. The number of hydrogen-bond donors (Lipinski definition) is 1. The third-order valence-corrected chi connectivity index (χ3v) is 3.08. The van der Waals surface area contributed by atoms with Crippen molar-refractivity contribution in [2.75, 3.05) is 13.1 Å². The molecule has 0 atom stereocenters. The molecule has 1 aliphatic rings. The zero-order valence-corrected chi connectivity index (χ0v) is 11.0. The van der Waals surface area contributed by atoms with Crippen molar-refractivity contribution in [3.05, 3.63) is 18.0 Å². The van der Waals surface area contributed by atoms with Gasteiger partial charge in [0.05, 0.1) is 0 Å². The fraction of sp³-hybridized carbons (Fsp3) is 0.583. The Morgan fingerprint density at radius 1 is 1.43 bits per heavy atom. The monoisotopic (exact) mass is 305 g/mol. The van der Waals surface area contributed by atoms with Gasteiger partial charge in [-0.15, -0.1) is 0 Å². The van der Waals surface area contributed by atoms with Crippen molar-refractivity contribution in [3.63, 3.8) is 0 Å². The number of hydrogen-bond acceptors (Lipinski definition) is 3. The Labute approximate surface area is 118 Å². The molecular formula is C12H14F3N3O3. The molecule has 1 amide bonds. The van der Waals surface area contributed by atoms with Crippen LogP contribution >= 0.6 is 0 Å². The number of rotatable bonds is 6. The minimum absolute atomic E-state index is 0.289. The van der Waals surface area contributed by atoms with Crippen LogP contribution in [-0.2, 0) is 22.3 Å². The summed E-state index contributed by atoms with van der Waals surface area (Å²) in [5.41, 5.74) is -1.08. The topological polar surface area (TPSA) is 75.4 Å². The van der Waals surface area contributed by atoms with E-state index in [1.807, 2.05) is 0 Å². The molecule has 1 aromatic rings. The molecule has 0 aliphatic heterocycles. The highest BCUT2D eigenvalue weighted by molar-refractivity contribution is 5.81. The van der Waals surface area contributed by atoms with Crippen LogP contribution in [0.2, 0.25) is 0 Å². The van der Waals surface area contributed by atoms with Crippen molar-refractivity contribution < 1.29 is 27.9 Å². The average molecular weight is 305 g/mol. The first-order valence-electron chi connectivity index (χ1n) is 6.36. The maximum absolute atomic E-state index is 12.4. The lowest BCUT2D eigenvalue weighted by atomic mass is 10.3. The van der Waals surface area contributed by atoms with Gasteiger partial charge >= 0.3 is 12.1 Å². The first-order chi connectivity index (χ1) is 9.75. The van der Waals surface area contributed by atoms with E-state index in [4.69, 9.17) is 5.11 Å². The fourth-order valence-corrected chi connectivity index (χ4v) is 1.87. The first kappa shape index (κ1) is 15.3. The third-order valence-electron chi connectivity index (χ3n) is 3.08. The van der Waals surface area contributed by atoms with E-state index in [2.05, 4.69) is 5.10 Å². The molecule has 1 N–H and O–H groups in total. The molecule has 0 aromatic carbocycles. The van der Waals surface area contributed by atoms with Crippen LogP contribution < -0.4 is 0 Å². The smallest absolute Gasteiger partial charge is 0.435 e. The Bertz CT molecular complexity index is 537. The van der Waals surface area contributed by atoms with Gasteiger partial charge in [0.15, 0.2) is 5.69 Å². The van der Waals surface area contributed by atoms with Crippen LogP contribution in [0.4, 0.5) is 13.2 Å². The van der Waals surface area contributed by atoms with E-state index < -0.39 is 36.8 Å². The summed E-state index contributed by atoms with van der Waals surface area (Å²) in [5.74, 6) is -1.42. The van der Waals surface area contributed by atoms with Crippen LogP contribution in [0.15, 0.2) is 12.3 Å². The summed E-state index contributed by atoms with van der Waals surface area (Å²) in [4.78, 5) is 23.9. The number of carbonyl (C=O) groups excluding carboxylic acids is 1. The normalized spacial score (nSPS) is 15.0. The van der Waals surface area contributed by atoms with E-state index in [0.717, 1.165) is 34.7 Å². The molecule has 1 saturated carbocycles. The van der Waals surface area contributed by atoms with Crippen LogP contribution in [0.25, 0.3) is 0 Å². The second kappa shape index (κ2) is 5.74. The molecule has 2 rings (SSSR count). The van der Waals surface area contributed by atoms with Crippen LogP contribution in [-0.4, -0.2) is 44.8 Å². The number of alkyl halides is 3. The van der Waals surface area contributed by atoms with Gasteiger partial charge in [-0.2, -0.15) is 18.3 Å². The summed E-state index contributed by atoms with van der Waals surface area (Å²) in [6, 6.07) is 0.774. The highest BCUT2D eigenvalue weighted by Crippen LogP contribution is 2.30. The summed E-state index contributed by atoms with van der Waals surface area (Å²) in [6.45, 7) is -0.544. The van der Waals surface area contributed by atoms with Crippen molar-refractivity contribution in [3.8, 4) is 0 Å². The van der Waals surface area contributed by atoms with Gasteiger partial charge in [0.25, 0.3) is 0 Å². The summed E-state index contributed by atoms with van der Waals surface area (Å²) in [6.07, 6.45) is -1.65. The third kappa shape index (κ3) is 4.47. The lowest BCUT2D eigenvalue weighted by Crippen LogP contribution is -2.39. The Morgan fingerprint density at radius 3 is 2.57 bits per heavy atom. The van der Waals surface area contributed by atoms with Crippen LogP contribution in [0.3, 0.4) is 0 Å². The van der Waals surface area contributed by atoms with E-state index in [9.17, 15) is 22.8 Å². The van der Waals surface area contributed by atoms with Gasteiger partial charge in [-0.3, -0.25) is 14.3 Å². The number of carboxylic acid groups (broad SMARTS) is 1. The van der Waals surface area contributed by atoms with Gasteiger partial charge in [-0.05, 0) is 24.8 Å². The molecule has 0 bridgehead atoms. The van der Waals surface area contributed by atoms with E-state index in [-0.39, 0.29) is 5.92 Å². The molecule has 9 heteroatoms. The number of aliphatic carboxylic acids is 1. The van der Waals surface area contributed by atoms with Crippen molar-refractivity contribution in [2.45, 2.75) is 25.6 Å². The SMILES string of the molecule is O=C(O)CN(CC1CC1)C(=O)Cn1ccc(C(F)(F)F)n1. The van der Waals surface area contributed by atoms with Crippen LogP contribution in [0.5, 0.6) is 0 Å². The van der Waals surface area contributed by atoms with Crippen LogP contribution in [0, 0.1) is 5.92 Å². The summed E-state index contributed by atoms with van der Waals surface area (Å²) in [7, 11) is 0. The largest absolute Gasteiger partial charge is 0.480 e. The number of aromatic nitrogens is 2. The quantitative estimate of drug-likeness (QED) is 0.857. The molecule has 0 radical (unpaired) electrons. The molecule has 0 saturated heterocycles. The average Bonchev–Trinajstić information content (AvgIpc) is 3.02. The van der Waals surface area contributed by atoms with Gasteiger partial charge < -0.3 is 10.0 Å². The molecule has 116 valence electrons. The summed E-state index contributed by atoms with van der Waals surface area (Å²) < 4.78 is 38.1. The fourth-order valence-electron chi connectivity index (χ4n) is 1.87. The zero-order chi connectivity index (χ0) is 15.6. The number of carboxylic acids is 1. The standard InChI is InChI=1S/C12H14F3N3O3/c13-12(14,15)9-3-4-18(16-9)6-10(19)17(7-11(20)21)5-8-1-2-8/h3-4,8H,1-2,5-7H2,(H,20,21). The Kier molecular flexibility index (Phi) is 4.19. The predicted octanol–water partition coefficient (Wildman–Crippen LogP) is 1.23. The number of nitrogens with zero attached hydrogens (tertiary/aromatic N) is 3. The first-order valence-corrected chi connectivity index (χ1v) is 6.36. The summed E-state index contributed by atoms with van der Waals surface area (Å²) in [5, 5.41) is 12.1. The van der Waals surface area contributed by atoms with Gasteiger partial charge in [0, 0.05) is 12.7 Å². The highest BCUT2D eigenvalue weighted by Gasteiger charge is 2.34. The molecule has 1 fully saturated rings. The van der Waals surface area contributed by atoms with E-state index in [1.165, 1.54) is 0 Å². The minimum atomic E-state index is -4.57. The lowest BCUT2D eigenvalue weighted by molar-refractivity contribution is -0.145. The molecule has 21 heavy (non-hydrogen) atoms. The van der Waals surface area contributed by atoms with Gasteiger partial charge in [-0.25, -0.2) is 0 Å². The van der Waals surface area contributed by atoms with Crippen molar-refractivity contribution in [1.82, 2.24) is 14.7 Å². The number of halogens is 3. The number of carbonyl (C=O) groups is 2. The van der Waals surface area contributed by atoms with E-state index in [0.29, 0.717) is 6.54 Å². The summed E-state index contributed by atoms with van der Waals surface area (Å²) >= 11 is 0. The van der Waals surface area contributed by atoms with Crippen molar-refractivity contribution >= 4 is 11.9 Å². The molecule has 1 aliphatic carbocycles. The van der Waals surface area contributed by atoms with Gasteiger partial charge in [0.1, 0.15) is 13.1 Å². The predicted molar refractivity (Wildman–Crippen MR) is 64.2 cm³/mol. The van der Waals surface area contributed by atoms with Gasteiger partial charge in [0.2, 0.25) is 5.91 Å². The van der Waals surface area contributed by atoms with E-state index >= 15 is 0 Å². The lowest BCUT2D eigenvalue weighted by Gasteiger charge is -2.20.